The van der Waals surface area contributed by atoms with Crippen LogP contribution in [0.25, 0.3) is 11.1 Å². The summed E-state index contributed by atoms with van der Waals surface area (Å²) in [5.74, 6) is 0.0168. The van der Waals surface area contributed by atoms with Crippen LogP contribution >= 0.6 is 0 Å². The number of anilines is 1. The Balaban J connectivity index is 1.57. The number of carbonyl (C=O) groups excluding carboxylic acids is 2. The first kappa shape index (κ1) is 18.0. The second kappa shape index (κ2) is 7.68. The van der Waals surface area contributed by atoms with E-state index >= 15 is 0 Å². The summed E-state index contributed by atoms with van der Waals surface area (Å²) in [5, 5.41) is 6.84. The Kier molecular flexibility index (Phi) is 4.93. The molecule has 28 heavy (non-hydrogen) atoms. The van der Waals surface area contributed by atoms with Crippen LogP contribution in [0.5, 0.6) is 0 Å². The van der Waals surface area contributed by atoms with E-state index in [2.05, 4.69) is 10.2 Å². The molecule has 1 aliphatic heterocycles. The van der Waals surface area contributed by atoms with E-state index in [1.807, 2.05) is 60.7 Å². The third-order valence-corrected chi connectivity index (χ3v) is 5.21. The lowest BCUT2D eigenvalue weighted by atomic mass is 9.89. The second-order valence-corrected chi connectivity index (χ2v) is 7.05. The van der Waals surface area contributed by atoms with Crippen LogP contribution in [-0.2, 0) is 0 Å². The van der Waals surface area contributed by atoms with E-state index in [0.717, 1.165) is 18.4 Å². The molecular weight excluding hydrogens is 352 g/mol. The first-order valence-corrected chi connectivity index (χ1v) is 9.43. The maximum Gasteiger partial charge on any atom is 0.272 e. The van der Waals surface area contributed by atoms with Gasteiger partial charge >= 0.3 is 0 Å². The fraction of sp³-hybridized carbons (Fsp3) is 0.227. The second-order valence-electron chi connectivity index (χ2n) is 7.05. The fourth-order valence-corrected chi connectivity index (χ4v) is 3.78. The van der Waals surface area contributed by atoms with Crippen molar-refractivity contribution in [3.8, 4) is 11.1 Å². The van der Waals surface area contributed by atoms with E-state index in [4.69, 9.17) is 5.73 Å². The molecule has 1 amide bonds. The van der Waals surface area contributed by atoms with Gasteiger partial charge in [0.25, 0.3) is 5.91 Å². The number of piperidine rings is 1. The highest BCUT2D eigenvalue weighted by Crippen LogP contribution is 2.30. The normalized spacial score (nSPS) is 16.7. The molecule has 142 valence electrons. The number of Topliss-reactive ketones (excluding diaryl/α,β-unsaturated/α-hetero) is 1. The Labute approximate surface area is 163 Å². The number of amides is 1. The van der Waals surface area contributed by atoms with E-state index in [9.17, 15) is 9.59 Å². The van der Waals surface area contributed by atoms with Gasteiger partial charge in [-0.1, -0.05) is 60.7 Å². The first-order valence-electron chi connectivity index (χ1n) is 9.43. The van der Waals surface area contributed by atoms with Gasteiger partial charge in [-0.3, -0.25) is 14.7 Å². The number of nitrogens with zero attached hydrogens (tertiary/aromatic N) is 2. The maximum absolute atomic E-state index is 13.2. The molecule has 0 bridgehead atoms. The molecule has 1 aromatic heterocycles. The molecule has 2 aromatic carbocycles. The average Bonchev–Trinajstić information content (AvgIpc) is 3.15. The van der Waals surface area contributed by atoms with E-state index in [1.165, 1.54) is 0 Å². The molecular formula is C22H22N4O2. The van der Waals surface area contributed by atoms with Crippen LogP contribution in [0, 0.1) is 5.92 Å². The number of aromatic nitrogens is 2. The van der Waals surface area contributed by atoms with Crippen molar-refractivity contribution < 1.29 is 9.59 Å². The van der Waals surface area contributed by atoms with E-state index < -0.39 is 0 Å². The fourth-order valence-electron chi connectivity index (χ4n) is 3.78. The predicted octanol–water partition coefficient (Wildman–Crippen LogP) is 3.39. The summed E-state index contributed by atoms with van der Waals surface area (Å²) in [6, 6.07) is 18.8. The Morgan fingerprint density at radius 2 is 1.71 bits per heavy atom. The van der Waals surface area contributed by atoms with Crippen molar-refractivity contribution in [3.63, 3.8) is 0 Å². The number of nitrogen functional groups attached to an aromatic ring is 1. The SMILES string of the molecule is Nc1n[nH]c(C(=O)N2CCCC(C(=O)c3ccccc3)C2)c1-c1ccccc1. The topological polar surface area (TPSA) is 92.1 Å². The molecule has 2 heterocycles. The standard InChI is InChI=1S/C22H22N4O2/c23-21-18(15-8-3-1-4-9-15)19(24-25-21)22(28)26-13-7-12-17(14-26)20(27)16-10-5-2-6-11-16/h1-6,8-11,17H,7,12-14H2,(H3,23,24,25). The van der Waals surface area contributed by atoms with Crippen molar-refractivity contribution in [1.29, 1.82) is 0 Å². The molecule has 1 fully saturated rings. The average molecular weight is 374 g/mol. The minimum absolute atomic E-state index is 0.0884. The Bertz CT molecular complexity index is 982. The number of hydrogen-bond acceptors (Lipinski definition) is 4. The highest BCUT2D eigenvalue weighted by molar-refractivity contribution is 6.02. The number of rotatable bonds is 4. The maximum atomic E-state index is 13.2. The molecule has 0 radical (unpaired) electrons. The van der Waals surface area contributed by atoms with E-state index in [0.29, 0.717) is 35.7 Å². The van der Waals surface area contributed by atoms with Gasteiger partial charge in [0.05, 0.1) is 5.56 Å². The number of hydrogen-bond donors (Lipinski definition) is 2. The number of ketones is 1. The zero-order valence-electron chi connectivity index (χ0n) is 15.5. The number of nitrogens with one attached hydrogen (secondary N) is 1. The van der Waals surface area contributed by atoms with Crippen molar-refractivity contribution >= 4 is 17.5 Å². The van der Waals surface area contributed by atoms with Crippen LogP contribution < -0.4 is 5.73 Å². The number of likely N-dealkylation sites (tertiary alicyclic amines) is 1. The van der Waals surface area contributed by atoms with Gasteiger partial charge in [-0.05, 0) is 18.4 Å². The molecule has 6 heteroatoms. The third-order valence-electron chi connectivity index (χ3n) is 5.21. The van der Waals surface area contributed by atoms with Gasteiger partial charge in [0.1, 0.15) is 5.69 Å². The summed E-state index contributed by atoms with van der Waals surface area (Å²) in [6.45, 7) is 1.02. The third kappa shape index (κ3) is 3.41. The highest BCUT2D eigenvalue weighted by atomic mass is 16.2. The van der Waals surface area contributed by atoms with Crippen LogP contribution in [-0.4, -0.2) is 39.9 Å². The lowest BCUT2D eigenvalue weighted by molar-refractivity contribution is 0.0632. The monoisotopic (exact) mass is 374 g/mol. The molecule has 6 nitrogen and oxygen atoms in total. The molecule has 1 aliphatic rings. The molecule has 1 saturated heterocycles. The first-order chi connectivity index (χ1) is 13.6. The van der Waals surface area contributed by atoms with Gasteiger partial charge < -0.3 is 10.6 Å². The number of aromatic amines is 1. The van der Waals surface area contributed by atoms with Gasteiger partial charge in [-0.25, -0.2) is 0 Å². The Morgan fingerprint density at radius 1 is 1.04 bits per heavy atom. The zero-order valence-corrected chi connectivity index (χ0v) is 15.5. The van der Waals surface area contributed by atoms with E-state index in [1.54, 1.807) is 4.90 Å². The molecule has 1 unspecified atom stereocenters. The summed E-state index contributed by atoms with van der Waals surface area (Å²) < 4.78 is 0. The van der Waals surface area contributed by atoms with Gasteiger partial charge in [-0.2, -0.15) is 5.10 Å². The minimum atomic E-state index is -0.194. The van der Waals surface area contributed by atoms with Gasteiger partial charge in [0.2, 0.25) is 0 Å². The minimum Gasteiger partial charge on any atom is -0.382 e. The summed E-state index contributed by atoms with van der Waals surface area (Å²) in [5.41, 5.74) is 8.54. The number of H-pyrrole nitrogens is 1. The van der Waals surface area contributed by atoms with Crippen molar-refractivity contribution in [2.75, 3.05) is 18.8 Å². The predicted molar refractivity (Wildman–Crippen MR) is 108 cm³/mol. The van der Waals surface area contributed by atoms with Crippen LogP contribution in [0.1, 0.15) is 33.7 Å². The molecule has 1 atom stereocenters. The van der Waals surface area contributed by atoms with E-state index in [-0.39, 0.29) is 17.6 Å². The Hall–Kier alpha value is -3.41. The number of nitrogens with two attached hydrogens (primary N) is 1. The number of carbonyl (C=O) groups is 2. The summed E-state index contributed by atoms with van der Waals surface area (Å²) in [6.07, 6.45) is 1.58. The van der Waals surface area contributed by atoms with Crippen LogP contribution in [0.4, 0.5) is 5.82 Å². The quantitative estimate of drug-likeness (QED) is 0.685. The van der Waals surface area contributed by atoms with Crippen molar-refractivity contribution in [2.24, 2.45) is 5.92 Å². The molecule has 3 aromatic rings. The summed E-state index contributed by atoms with van der Waals surface area (Å²) in [4.78, 5) is 27.7. The molecule has 0 saturated carbocycles. The van der Waals surface area contributed by atoms with Crippen molar-refractivity contribution in [2.45, 2.75) is 12.8 Å². The van der Waals surface area contributed by atoms with Crippen LogP contribution in [0.15, 0.2) is 60.7 Å². The van der Waals surface area contributed by atoms with Gasteiger partial charge in [0, 0.05) is 24.6 Å². The summed E-state index contributed by atoms with van der Waals surface area (Å²) >= 11 is 0. The largest absolute Gasteiger partial charge is 0.382 e. The smallest absolute Gasteiger partial charge is 0.272 e. The summed E-state index contributed by atoms with van der Waals surface area (Å²) in [7, 11) is 0. The highest BCUT2D eigenvalue weighted by Gasteiger charge is 2.31. The zero-order chi connectivity index (χ0) is 19.5. The number of benzene rings is 2. The van der Waals surface area contributed by atoms with Crippen LogP contribution in [0.3, 0.4) is 0 Å². The molecule has 3 N–H and O–H groups in total. The molecule has 0 spiro atoms. The van der Waals surface area contributed by atoms with Gasteiger partial charge in [-0.15, -0.1) is 0 Å². The molecule has 4 rings (SSSR count). The van der Waals surface area contributed by atoms with Crippen molar-refractivity contribution in [1.82, 2.24) is 15.1 Å². The van der Waals surface area contributed by atoms with Crippen molar-refractivity contribution in [3.05, 3.63) is 71.9 Å². The van der Waals surface area contributed by atoms with Gasteiger partial charge in [0.15, 0.2) is 11.6 Å². The lowest BCUT2D eigenvalue weighted by Gasteiger charge is -2.32. The molecule has 0 aliphatic carbocycles. The Morgan fingerprint density at radius 3 is 2.43 bits per heavy atom. The van der Waals surface area contributed by atoms with Crippen LogP contribution in [0.2, 0.25) is 0 Å². The lowest BCUT2D eigenvalue weighted by Crippen LogP contribution is -2.42.